The van der Waals surface area contributed by atoms with Gasteiger partial charge in [-0.15, -0.1) is 0 Å². The monoisotopic (exact) mass is 394 g/mol. The third kappa shape index (κ3) is 4.95. The highest BCUT2D eigenvalue weighted by molar-refractivity contribution is 5.78. The second kappa shape index (κ2) is 8.10. The smallest absolute Gasteiger partial charge is 0.416 e. The predicted octanol–water partition coefficient (Wildman–Crippen LogP) is 3.74. The Labute approximate surface area is 161 Å². The molecule has 5 nitrogen and oxygen atoms in total. The van der Waals surface area contributed by atoms with Crippen LogP contribution in [0.4, 0.5) is 13.2 Å². The van der Waals surface area contributed by atoms with Crippen molar-refractivity contribution >= 4 is 5.91 Å². The van der Waals surface area contributed by atoms with Gasteiger partial charge in [-0.25, -0.2) is 0 Å². The van der Waals surface area contributed by atoms with Crippen molar-refractivity contribution in [3.63, 3.8) is 0 Å². The standard InChI is InChI=1S/C20H21F3N2O3/c1-13(15-5-8-17-18(9-15)28-12-27-17)24-19(26)11-25(2)10-14-3-6-16(7-4-14)20(21,22)23/h3-9,13H,10-12H2,1-2H3,(H,24,26)/t13-/m1/s1. The quantitative estimate of drug-likeness (QED) is 0.811. The number of rotatable bonds is 6. The van der Waals surface area contributed by atoms with E-state index in [1.165, 1.54) is 12.1 Å². The summed E-state index contributed by atoms with van der Waals surface area (Å²) < 4.78 is 48.4. The Hall–Kier alpha value is -2.74. The van der Waals surface area contributed by atoms with Crippen LogP contribution in [0.15, 0.2) is 42.5 Å². The molecule has 1 atom stereocenters. The van der Waals surface area contributed by atoms with E-state index < -0.39 is 11.7 Å². The molecule has 0 aliphatic carbocycles. The van der Waals surface area contributed by atoms with Gasteiger partial charge in [0.2, 0.25) is 12.7 Å². The molecule has 2 aromatic carbocycles. The van der Waals surface area contributed by atoms with Crippen LogP contribution in [0, 0.1) is 0 Å². The number of carbonyl (C=O) groups is 1. The molecule has 2 aromatic rings. The number of hydrogen-bond acceptors (Lipinski definition) is 4. The summed E-state index contributed by atoms with van der Waals surface area (Å²) >= 11 is 0. The fraction of sp³-hybridized carbons (Fsp3) is 0.350. The van der Waals surface area contributed by atoms with E-state index in [0.717, 1.165) is 17.7 Å². The highest BCUT2D eigenvalue weighted by Gasteiger charge is 2.30. The van der Waals surface area contributed by atoms with Crippen LogP contribution in [0.1, 0.15) is 29.7 Å². The van der Waals surface area contributed by atoms with Gasteiger partial charge in [0.15, 0.2) is 11.5 Å². The van der Waals surface area contributed by atoms with Crippen molar-refractivity contribution < 1.29 is 27.4 Å². The number of fused-ring (bicyclic) bond motifs is 1. The average Bonchev–Trinajstić information content (AvgIpc) is 3.08. The van der Waals surface area contributed by atoms with Gasteiger partial charge in [0.25, 0.3) is 0 Å². The first kappa shape index (κ1) is 20.0. The van der Waals surface area contributed by atoms with Gasteiger partial charge >= 0.3 is 6.18 Å². The van der Waals surface area contributed by atoms with E-state index in [9.17, 15) is 18.0 Å². The molecule has 0 radical (unpaired) electrons. The van der Waals surface area contributed by atoms with Crippen molar-refractivity contribution in [2.45, 2.75) is 25.7 Å². The van der Waals surface area contributed by atoms with Crippen molar-refractivity contribution in [2.24, 2.45) is 0 Å². The number of likely N-dealkylation sites (N-methyl/N-ethyl adjacent to an activating group) is 1. The average molecular weight is 394 g/mol. The van der Waals surface area contributed by atoms with Gasteiger partial charge in [0.1, 0.15) is 0 Å². The summed E-state index contributed by atoms with van der Waals surface area (Å²) in [5.74, 6) is 1.15. The lowest BCUT2D eigenvalue weighted by Gasteiger charge is -2.19. The highest BCUT2D eigenvalue weighted by atomic mass is 19.4. The maximum atomic E-state index is 12.6. The van der Waals surface area contributed by atoms with Crippen LogP contribution in [0.3, 0.4) is 0 Å². The predicted molar refractivity (Wildman–Crippen MR) is 96.9 cm³/mol. The van der Waals surface area contributed by atoms with Crippen molar-refractivity contribution in [1.82, 2.24) is 10.2 Å². The maximum absolute atomic E-state index is 12.6. The van der Waals surface area contributed by atoms with Gasteiger partial charge in [-0.2, -0.15) is 13.2 Å². The topological polar surface area (TPSA) is 50.8 Å². The Bertz CT molecular complexity index is 838. The lowest BCUT2D eigenvalue weighted by atomic mass is 10.1. The number of nitrogens with one attached hydrogen (secondary N) is 1. The zero-order chi connectivity index (χ0) is 20.3. The van der Waals surface area contributed by atoms with Crippen LogP contribution in [0.2, 0.25) is 0 Å². The van der Waals surface area contributed by atoms with E-state index in [-0.39, 0.29) is 25.3 Å². The molecule has 3 rings (SSSR count). The first-order valence-electron chi connectivity index (χ1n) is 8.76. The molecular formula is C20H21F3N2O3. The van der Waals surface area contributed by atoms with Crippen LogP contribution in [-0.2, 0) is 17.5 Å². The summed E-state index contributed by atoms with van der Waals surface area (Å²) in [4.78, 5) is 14.0. The van der Waals surface area contributed by atoms with E-state index in [1.807, 2.05) is 19.1 Å². The lowest BCUT2D eigenvalue weighted by molar-refractivity contribution is -0.137. The molecule has 1 aliphatic rings. The number of alkyl halides is 3. The molecule has 1 aliphatic heterocycles. The zero-order valence-corrected chi connectivity index (χ0v) is 15.5. The fourth-order valence-electron chi connectivity index (χ4n) is 2.96. The molecular weight excluding hydrogens is 373 g/mol. The molecule has 0 bridgehead atoms. The molecule has 0 aromatic heterocycles. The molecule has 150 valence electrons. The zero-order valence-electron chi connectivity index (χ0n) is 15.5. The van der Waals surface area contributed by atoms with Crippen LogP contribution in [-0.4, -0.2) is 31.2 Å². The molecule has 1 heterocycles. The molecule has 0 unspecified atom stereocenters. The number of nitrogens with zero attached hydrogens (tertiary/aromatic N) is 1. The van der Waals surface area contributed by atoms with Gasteiger partial charge < -0.3 is 14.8 Å². The molecule has 0 fully saturated rings. The Morgan fingerprint density at radius 3 is 2.50 bits per heavy atom. The molecule has 8 heteroatoms. The number of halogens is 3. The van der Waals surface area contributed by atoms with Crippen molar-refractivity contribution in [2.75, 3.05) is 20.4 Å². The Balaban J connectivity index is 1.51. The minimum Gasteiger partial charge on any atom is -0.454 e. The van der Waals surface area contributed by atoms with E-state index in [0.29, 0.717) is 23.6 Å². The number of amides is 1. The number of carbonyl (C=O) groups excluding carboxylic acids is 1. The van der Waals surface area contributed by atoms with E-state index in [4.69, 9.17) is 9.47 Å². The summed E-state index contributed by atoms with van der Waals surface area (Å²) in [6, 6.07) is 10.2. The van der Waals surface area contributed by atoms with Gasteiger partial charge in [0.05, 0.1) is 18.2 Å². The van der Waals surface area contributed by atoms with E-state index in [2.05, 4.69) is 5.32 Å². The van der Waals surface area contributed by atoms with Crippen LogP contribution < -0.4 is 14.8 Å². The van der Waals surface area contributed by atoms with Crippen molar-refractivity contribution in [3.8, 4) is 11.5 Å². The maximum Gasteiger partial charge on any atom is 0.416 e. The summed E-state index contributed by atoms with van der Waals surface area (Å²) in [5, 5.41) is 2.91. The Morgan fingerprint density at radius 2 is 1.82 bits per heavy atom. The lowest BCUT2D eigenvalue weighted by Crippen LogP contribution is -2.36. The molecule has 28 heavy (non-hydrogen) atoms. The summed E-state index contributed by atoms with van der Waals surface area (Å²) in [6.07, 6.45) is -4.35. The molecule has 1 N–H and O–H groups in total. The SMILES string of the molecule is C[C@@H](NC(=O)CN(C)Cc1ccc(C(F)(F)F)cc1)c1ccc2c(c1)OCO2. The number of hydrogen-bond donors (Lipinski definition) is 1. The minimum atomic E-state index is -4.35. The molecule has 0 saturated heterocycles. The summed E-state index contributed by atoms with van der Waals surface area (Å²) in [6.45, 7) is 2.54. The van der Waals surface area contributed by atoms with Crippen LogP contribution >= 0.6 is 0 Å². The molecule has 0 saturated carbocycles. The minimum absolute atomic E-state index is 0.121. The van der Waals surface area contributed by atoms with Gasteiger partial charge in [-0.05, 0) is 49.4 Å². The van der Waals surface area contributed by atoms with Crippen molar-refractivity contribution in [3.05, 3.63) is 59.2 Å². The first-order valence-corrected chi connectivity index (χ1v) is 8.76. The van der Waals surface area contributed by atoms with Crippen LogP contribution in [0.5, 0.6) is 11.5 Å². The normalized spacial score (nSPS) is 14.2. The first-order chi connectivity index (χ1) is 13.2. The third-order valence-electron chi connectivity index (χ3n) is 4.42. The van der Waals surface area contributed by atoms with Crippen LogP contribution in [0.25, 0.3) is 0 Å². The second-order valence-corrected chi connectivity index (χ2v) is 6.77. The second-order valence-electron chi connectivity index (χ2n) is 6.77. The Morgan fingerprint density at radius 1 is 1.14 bits per heavy atom. The summed E-state index contributed by atoms with van der Waals surface area (Å²) in [5.41, 5.74) is 0.907. The largest absolute Gasteiger partial charge is 0.454 e. The summed E-state index contributed by atoms with van der Waals surface area (Å²) in [7, 11) is 1.74. The molecule has 0 spiro atoms. The van der Waals surface area contributed by atoms with Gasteiger partial charge in [-0.1, -0.05) is 18.2 Å². The number of benzene rings is 2. The highest BCUT2D eigenvalue weighted by Crippen LogP contribution is 2.34. The Kier molecular flexibility index (Phi) is 5.79. The fourth-order valence-corrected chi connectivity index (χ4v) is 2.96. The van der Waals surface area contributed by atoms with Gasteiger partial charge in [-0.3, -0.25) is 9.69 Å². The third-order valence-corrected chi connectivity index (χ3v) is 4.42. The van der Waals surface area contributed by atoms with E-state index in [1.54, 1.807) is 18.0 Å². The van der Waals surface area contributed by atoms with E-state index >= 15 is 0 Å². The number of ether oxygens (including phenoxy) is 2. The van der Waals surface area contributed by atoms with Gasteiger partial charge in [0, 0.05) is 6.54 Å². The van der Waals surface area contributed by atoms with Crippen molar-refractivity contribution in [1.29, 1.82) is 0 Å². The molecule has 1 amide bonds.